The highest BCUT2D eigenvalue weighted by atomic mass is 15.0. The van der Waals surface area contributed by atoms with Crippen LogP contribution in [0.2, 0.25) is 0 Å². The molecular formula is C54H38N4. The minimum absolute atomic E-state index is 0.0137. The highest BCUT2D eigenvalue weighted by Gasteiger charge is 2.35. The van der Waals surface area contributed by atoms with E-state index < -0.39 is 0 Å². The van der Waals surface area contributed by atoms with E-state index in [-0.39, 0.29) is 5.41 Å². The van der Waals surface area contributed by atoms with Gasteiger partial charge in [-0.05, 0) is 80.9 Å². The molecule has 0 saturated carbocycles. The second-order valence-electron chi connectivity index (χ2n) is 15.7. The van der Waals surface area contributed by atoms with Gasteiger partial charge in [-0.25, -0.2) is 15.0 Å². The summed E-state index contributed by atoms with van der Waals surface area (Å²) in [6, 6.07) is 69.2. The molecule has 0 N–H and O–H groups in total. The molecular weight excluding hydrogens is 705 g/mol. The van der Waals surface area contributed by atoms with Crippen LogP contribution in [0.5, 0.6) is 0 Å². The molecule has 0 saturated heterocycles. The van der Waals surface area contributed by atoms with Gasteiger partial charge in [-0.2, -0.15) is 0 Å². The van der Waals surface area contributed by atoms with E-state index in [0.29, 0.717) is 17.5 Å². The Bertz CT molecular complexity index is 3110. The number of nitrogens with zero attached hydrogens (tertiary/aromatic N) is 4. The molecule has 0 bridgehead atoms. The monoisotopic (exact) mass is 742 g/mol. The van der Waals surface area contributed by atoms with Crippen molar-refractivity contribution in [3.8, 4) is 73.2 Å². The molecule has 11 rings (SSSR count). The van der Waals surface area contributed by atoms with Crippen molar-refractivity contribution in [2.24, 2.45) is 0 Å². The van der Waals surface area contributed by atoms with E-state index in [4.69, 9.17) is 15.0 Å². The predicted molar refractivity (Wildman–Crippen MR) is 239 cm³/mol. The zero-order chi connectivity index (χ0) is 38.8. The number of fused-ring (bicyclic) bond motifs is 6. The van der Waals surface area contributed by atoms with Gasteiger partial charge in [0.15, 0.2) is 17.5 Å². The van der Waals surface area contributed by atoms with Crippen molar-refractivity contribution < 1.29 is 0 Å². The van der Waals surface area contributed by atoms with Gasteiger partial charge in [-0.3, -0.25) is 0 Å². The fourth-order valence-corrected chi connectivity index (χ4v) is 8.88. The molecule has 1 aliphatic rings. The van der Waals surface area contributed by atoms with Crippen LogP contribution in [-0.2, 0) is 5.41 Å². The summed E-state index contributed by atoms with van der Waals surface area (Å²) in [7, 11) is 0. The van der Waals surface area contributed by atoms with Gasteiger partial charge in [0.05, 0.1) is 11.0 Å². The molecule has 0 radical (unpaired) electrons. The summed E-state index contributed by atoms with van der Waals surface area (Å²) in [5.74, 6) is 1.95. The lowest BCUT2D eigenvalue weighted by Crippen LogP contribution is -2.14. The lowest BCUT2D eigenvalue weighted by molar-refractivity contribution is 0.660. The maximum Gasteiger partial charge on any atom is 0.164 e. The minimum atomic E-state index is -0.0137. The molecule has 0 unspecified atom stereocenters. The van der Waals surface area contributed by atoms with Gasteiger partial charge in [0.2, 0.25) is 0 Å². The quantitative estimate of drug-likeness (QED) is 0.170. The summed E-state index contributed by atoms with van der Waals surface area (Å²) in [6.45, 7) is 4.67. The molecule has 8 aromatic carbocycles. The van der Waals surface area contributed by atoms with Crippen LogP contribution in [0.25, 0.3) is 95.0 Å². The standard InChI is InChI=1S/C54H38N4/c1-54(2)47-21-13-12-20-43(47)45-32-39(27-30-48(45)54)40-28-31-49-46(33-40)44-29-26-41(34-50(44)58(49)42-18-10-5-11-19-42)35-22-24-38(25-23-35)53-56-51(36-14-6-3-7-15-36)55-52(57-53)37-16-8-4-9-17-37/h3-34H,1-2H3. The third-order valence-corrected chi connectivity index (χ3v) is 11.9. The Morgan fingerprint density at radius 3 is 1.50 bits per heavy atom. The summed E-state index contributed by atoms with van der Waals surface area (Å²) >= 11 is 0. The Kier molecular flexibility index (Phi) is 7.80. The molecule has 0 fully saturated rings. The topological polar surface area (TPSA) is 43.6 Å². The number of aromatic nitrogens is 4. The van der Waals surface area contributed by atoms with Gasteiger partial charge in [-0.15, -0.1) is 0 Å². The first-order chi connectivity index (χ1) is 28.5. The molecule has 0 aliphatic heterocycles. The van der Waals surface area contributed by atoms with Crippen molar-refractivity contribution in [2.75, 3.05) is 0 Å². The molecule has 0 spiro atoms. The van der Waals surface area contributed by atoms with E-state index >= 15 is 0 Å². The summed E-state index contributed by atoms with van der Waals surface area (Å²) < 4.78 is 2.40. The lowest BCUT2D eigenvalue weighted by Gasteiger charge is -2.21. The molecule has 274 valence electrons. The fourth-order valence-electron chi connectivity index (χ4n) is 8.88. The highest BCUT2D eigenvalue weighted by Crippen LogP contribution is 2.49. The van der Waals surface area contributed by atoms with Crippen LogP contribution >= 0.6 is 0 Å². The van der Waals surface area contributed by atoms with Gasteiger partial charge in [0, 0.05) is 38.6 Å². The van der Waals surface area contributed by atoms with Crippen molar-refractivity contribution in [1.29, 1.82) is 0 Å². The van der Waals surface area contributed by atoms with Crippen molar-refractivity contribution >= 4 is 21.8 Å². The Balaban J connectivity index is 1.00. The van der Waals surface area contributed by atoms with Gasteiger partial charge in [0.25, 0.3) is 0 Å². The van der Waals surface area contributed by atoms with E-state index in [1.165, 1.54) is 55.2 Å². The number of hydrogen-bond donors (Lipinski definition) is 0. The maximum absolute atomic E-state index is 4.95. The van der Waals surface area contributed by atoms with E-state index in [0.717, 1.165) is 33.5 Å². The molecule has 4 heteroatoms. The third-order valence-electron chi connectivity index (χ3n) is 11.9. The molecule has 0 amide bonds. The van der Waals surface area contributed by atoms with Gasteiger partial charge >= 0.3 is 0 Å². The summed E-state index contributed by atoms with van der Waals surface area (Å²) in [5.41, 5.74) is 16.5. The summed E-state index contributed by atoms with van der Waals surface area (Å²) in [4.78, 5) is 14.8. The van der Waals surface area contributed by atoms with Crippen molar-refractivity contribution in [2.45, 2.75) is 19.3 Å². The number of benzene rings is 8. The lowest BCUT2D eigenvalue weighted by atomic mass is 9.82. The Morgan fingerprint density at radius 2 is 0.828 bits per heavy atom. The Labute approximate surface area is 337 Å². The van der Waals surface area contributed by atoms with E-state index in [2.05, 4.69) is 152 Å². The molecule has 4 nitrogen and oxygen atoms in total. The molecule has 1 aliphatic carbocycles. The van der Waals surface area contributed by atoms with Gasteiger partial charge in [0.1, 0.15) is 0 Å². The maximum atomic E-state index is 4.95. The SMILES string of the molecule is CC1(C)c2ccccc2-c2cc(-c3ccc4c(c3)c3ccc(-c5ccc(-c6nc(-c7ccccc7)nc(-c7ccccc7)n6)cc5)cc3n4-c3ccccc3)ccc21. The van der Waals surface area contributed by atoms with Crippen molar-refractivity contribution in [3.05, 3.63) is 205 Å². The zero-order valence-corrected chi connectivity index (χ0v) is 32.3. The molecule has 0 atom stereocenters. The van der Waals surface area contributed by atoms with Crippen LogP contribution < -0.4 is 0 Å². The van der Waals surface area contributed by atoms with Crippen molar-refractivity contribution in [3.63, 3.8) is 0 Å². The van der Waals surface area contributed by atoms with Crippen molar-refractivity contribution in [1.82, 2.24) is 19.5 Å². The first-order valence-electron chi connectivity index (χ1n) is 19.9. The first kappa shape index (κ1) is 33.9. The average molecular weight is 743 g/mol. The normalized spacial score (nSPS) is 12.8. The second-order valence-corrected chi connectivity index (χ2v) is 15.7. The largest absolute Gasteiger partial charge is 0.309 e. The van der Waals surface area contributed by atoms with Crippen LogP contribution in [0.4, 0.5) is 0 Å². The highest BCUT2D eigenvalue weighted by molar-refractivity contribution is 6.11. The molecule has 10 aromatic rings. The van der Waals surface area contributed by atoms with Crippen LogP contribution in [0.15, 0.2) is 194 Å². The van der Waals surface area contributed by atoms with Gasteiger partial charge in [-0.1, -0.05) is 172 Å². The van der Waals surface area contributed by atoms with Crippen LogP contribution in [0.3, 0.4) is 0 Å². The molecule has 58 heavy (non-hydrogen) atoms. The Morgan fingerprint density at radius 1 is 0.345 bits per heavy atom. The molecule has 2 aromatic heterocycles. The first-order valence-corrected chi connectivity index (χ1v) is 19.9. The van der Waals surface area contributed by atoms with Crippen LogP contribution in [0.1, 0.15) is 25.0 Å². The number of rotatable bonds is 6. The second kappa shape index (κ2) is 13.4. The van der Waals surface area contributed by atoms with Crippen LogP contribution in [0, 0.1) is 0 Å². The van der Waals surface area contributed by atoms with E-state index in [9.17, 15) is 0 Å². The average Bonchev–Trinajstić information content (AvgIpc) is 3.74. The van der Waals surface area contributed by atoms with E-state index in [1.54, 1.807) is 0 Å². The molecule has 2 heterocycles. The van der Waals surface area contributed by atoms with Crippen LogP contribution in [-0.4, -0.2) is 19.5 Å². The zero-order valence-electron chi connectivity index (χ0n) is 32.3. The minimum Gasteiger partial charge on any atom is -0.309 e. The smallest absolute Gasteiger partial charge is 0.164 e. The Hall–Kier alpha value is -7.43. The summed E-state index contributed by atoms with van der Waals surface area (Å²) in [6.07, 6.45) is 0. The predicted octanol–water partition coefficient (Wildman–Crippen LogP) is 13.6. The number of hydrogen-bond acceptors (Lipinski definition) is 3. The fraction of sp³-hybridized carbons (Fsp3) is 0.0556. The van der Waals surface area contributed by atoms with E-state index in [1.807, 2.05) is 60.7 Å². The third kappa shape index (κ3) is 5.56. The summed E-state index contributed by atoms with van der Waals surface area (Å²) in [5, 5.41) is 2.46. The number of para-hydroxylation sites is 1. The van der Waals surface area contributed by atoms with Gasteiger partial charge < -0.3 is 4.57 Å².